The Morgan fingerprint density at radius 2 is 2.43 bits per heavy atom. The smallest absolute Gasteiger partial charge is 0.140 e. The van der Waals surface area contributed by atoms with Gasteiger partial charge in [-0.2, -0.15) is 5.10 Å². The maximum Gasteiger partial charge on any atom is 0.140 e. The highest BCUT2D eigenvalue weighted by molar-refractivity contribution is 4.83. The van der Waals surface area contributed by atoms with Crippen LogP contribution in [0.4, 0.5) is 0 Å². The van der Waals surface area contributed by atoms with Crippen LogP contribution in [0.1, 0.15) is 19.2 Å². The van der Waals surface area contributed by atoms with Crippen molar-refractivity contribution in [2.24, 2.45) is 0 Å². The van der Waals surface area contributed by atoms with Crippen LogP contribution in [0.5, 0.6) is 0 Å². The molecule has 0 saturated carbocycles. The van der Waals surface area contributed by atoms with Crippen molar-refractivity contribution in [3.05, 3.63) is 12.2 Å². The quantitative estimate of drug-likeness (QED) is 0.645. The first-order valence-corrected chi connectivity index (χ1v) is 4.94. The number of ether oxygens (including phenoxy) is 1. The lowest BCUT2D eigenvalue weighted by Gasteiger charge is -2.05. The molecule has 1 heterocycles. The highest BCUT2D eigenvalue weighted by Gasteiger charge is 2.02. The molecule has 0 aliphatic rings. The van der Waals surface area contributed by atoms with Crippen molar-refractivity contribution in [2.75, 3.05) is 20.3 Å². The van der Waals surface area contributed by atoms with Crippen molar-refractivity contribution >= 4 is 0 Å². The second kappa shape index (κ2) is 6.50. The molecular weight excluding hydrogens is 180 g/mol. The fourth-order valence-electron chi connectivity index (χ4n) is 1.17. The minimum atomic E-state index is 0.671. The van der Waals surface area contributed by atoms with E-state index in [4.69, 9.17) is 4.74 Å². The number of nitrogens with zero attached hydrogens (tertiary/aromatic N) is 3. The fourth-order valence-corrected chi connectivity index (χ4v) is 1.17. The van der Waals surface area contributed by atoms with Gasteiger partial charge in [-0.15, -0.1) is 0 Å². The lowest BCUT2D eigenvalue weighted by molar-refractivity contribution is 0.182. The molecule has 0 radical (unpaired) electrons. The molecule has 0 spiro atoms. The van der Waals surface area contributed by atoms with Gasteiger partial charge < -0.3 is 10.1 Å². The van der Waals surface area contributed by atoms with Crippen LogP contribution in [0, 0.1) is 0 Å². The highest BCUT2D eigenvalue weighted by atomic mass is 16.5. The highest BCUT2D eigenvalue weighted by Crippen LogP contribution is 1.93. The average Bonchev–Trinajstić information content (AvgIpc) is 2.63. The first-order chi connectivity index (χ1) is 6.88. The normalized spacial score (nSPS) is 10.7. The van der Waals surface area contributed by atoms with Crippen molar-refractivity contribution in [1.29, 1.82) is 0 Å². The molecule has 0 unspecified atom stereocenters. The summed E-state index contributed by atoms with van der Waals surface area (Å²) in [6.07, 6.45) is 2.71. The van der Waals surface area contributed by atoms with Crippen LogP contribution < -0.4 is 5.32 Å². The van der Waals surface area contributed by atoms with E-state index >= 15 is 0 Å². The van der Waals surface area contributed by atoms with Crippen LogP contribution in [0.25, 0.3) is 0 Å². The molecule has 1 aromatic heterocycles. The summed E-state index contributed by atoms with van der Waals surface area (Å²) in [5.74, 6) is 0.968. The van der Waals surface area contributed by atoms with Gasteiger partial charge >= 0.3 is 0 Å². The monoisotopic (exact) mass is 198 g/mol. The SMILES string of the molecule is CCCNCc1ncnn1CCOC. The van der Waals surface area contributed by atoms with E-state index in [0.29, 0.717) is 6.61 Å². The third-order valence-electron chi connectivity index (χ3n) is 1.91. The Bertz CT molecular complexity index is 249. The first kappa shape index (κ1) is 11.1. The van der Waals surface area contributed by atoms with Crippen LogP contribution in [-0.2, 0) is 17.8 Å². The van der Waals surface area contributed by atoms with Crippen molar-refractivity contribution in [1.82, 2.24) is 20.1 Å². The Morgan fingerprint density at radius 1 is 1.57 bits per heavy atom. The lowest BCUT2D eigenvalue weighted by Crippen LogP contribution is -2.19. The van der Waals surface area contributed by atoms with E-state index in [9.17, 15) is 0 Å². The standard InChI is InChI=1S/C9H18N4O/c1-3-4-10-7-9-11-8-12-13(9)5-6-14-2/h8,10H,3-7H2,1-2H3. The van der Waals surface area contributed by atoms with Gasteiger partial charge in [0.15, 0.2) is 0 Å². The van der Waals surface area contributed by atoms with Gasteiger partial charge in [0.1, 0.15) is 12.2 Å². The van der Waals surface area contributed by atoms with Crippen molar-refractivity contribution < 1.29 is 4.74 Å². The Balaban J connectivity index is 2.37. The van der Waals surface area contributed by atoms with E-state index in [0.717, 1.165) is 31.9 Å². The molecule has 0 aliphatic carbocycles. The van der Waals surface area contributed by atoms with Gasteiger partial charge in [-0.25, -0.2) is 9.67 Å². The molecule has 0 aromatic carbocycles. The number of hydrogen-bond donors (Lipinski definition) is 1. The van der Waals surface area contributed by atoms with Crippen LogP contribution in [0.15, 0.2) is 6.33 Å². The minimum Gasteiger partial charge on any atom is -0.383 e. The van der Waals surface area contributed by atoms with E-state index in [2.05, 4.69) is 22.3 Å². The van der Waals surface area contributed by atoms with Crippen LogP contribution in [0.3, 0.4) is 0 Å². The topological polar surface area (TPSA) is 52.0 Å². The molecule has 0 aliphatic heterocycles. The van der Waals surface area contributed by atoms with Gasteiger partial charge in [0, 0.05) is 7.11 Å². The van der Waals surface area contributed by atoms with E-state index in [1.165, 1.54) is 0 Å². The summed E-state index contributed by atoms with van der Waals surface area (Å²) < 4.78 is 6.85. The zero-order valence-corrected chi connectivity index (χ0v) is 8.86. The molecule has 1 N–H and O–H groups in total. The summed E-state index contributed by atoms with van der Waals surface area (Å²) in [7, 11) is 1.69. The minimum absolute atomic E-state index is 0.671. The first-order valence-electron chi connectivity index (χ1n) is 4.94. The van der Waals surface area contributed by atoms with E-state index < -0.39 is 0 Å². The molecule has 5 heteroatoms. The predicted octanol–water partition coefficient (Wildman–Crippen LogP) is 0.424. The van der Waals surface area contributed by atoms with Gasteiger partial charge in [-0.1, -0.05) is 6.92 Å². The summed E-state index contributed by atoms with van der Waals surface area (Å²) >= 11 is 0. The molecule has 1 rings (SSSR count). The van der Waals surface area contributed by atoms with Crippen LogP contribution in [0.2, 0.25) is 0 Å². The Morgan fingerprint density at radius 3 is 3.14 bits per heavy atom. The zero-order valence-electron chi connectivity index (χ0n) is 8.86. The summed E-state index contributed by atoms with van der Waals surface area (Å²) in [5.41, 5.74) is 0. The van der Waals surface area contributed by atoms with Gasteiger partial charge in [-0.3, -0.25) is 0 Å². The molecule has 1 aromatic rings. The Labute approximate surface area is 84.5 Å². The van der Waals surface area contributed by atoms with Crippen molar-refractivity contribution in [3.63, 3.8) is 0 Å². The molecule has 0 bridgehead atoms. The Kier molecular flexibility index (Phi) is 5.17. The summed E-state index contributed by atoms with van der Waals surface area (Å²) in [5, 5.41) is 7.41. The summed E-state index contributed by atoms with van der Waals surface area (Å²) in [6.45, 7) is 5.36. The van der Waals surface area contributed by atoms with Gasteiger partial charge in [-0.05, 0) is 13.0 Å². The van der Waals surface area contributed by atoms with E-state index in [1.807, 2.05) is 4.68 Å². The number of rotatable bonds is 7. The fraction of sp³-hybridized carbons (Fsp3) is 0.778. The van der Waals surface area contributed by atoms with Gasteiger partial charge in [0.25, 0.3) is 0 Å². The van der Waals surface area contributed by atoms with E-state index in [1.54, 1.807) is 13.4 Å². The molecule has 14 heavy (non-hydrogen) atoms. The molecule has 0 amide bonds. The van der Waals surface area contributed by atoms with Gasteiger partial charge in [0.05, 0.1) is 19.7 Å². The molecular formula is C9H18N4O. The number of hydrogen-bond acceptors (Lipinski definition) is 4. The number of aromatic nitrogens is 3. The third kappa shape index (κ3) is 3.43. The molecule has 0 fully saturated rings. The van der Waals surface area contributed by atoms with Crippen molar-refractivity contribution in [3.8, 4) is 0 Å². The van der Waals surface area contributed by atoms with Crippen LogP contribution in [-0.4, -0.2) is 35.0 Å². The van der Waals surface area contributed by atoms with Gasteiger partial charge in [0.2, 0.25) is 0 Å². The Hall–Kier alpha value is -0.940. The maximum atomic E-state index is 4.99. The summed E-state index contributed by atoms with van der Waals surface area (Å²) in [6, 6.07) is 0. The largest absolute Gasteiger partial charge is 0.383 e. The molecule has 5 nitrogen and oxygen atoms in total. The second-order valence-corrected chi connectivity index (χ2v) is 3.07. The van der Waals surface area contributed by atoms with Crippen LogP contribution >= 0.6 is 0 Å². The maximum absolute atomic E-state index is 4.99. The third-order valence-corrected chi connectivity index (χ3v) is 1.91. The molecule has 0 atom stereocenters. The molecule has 80 valence electrons. The van der Waals surface area contributed by atoms with E-state index in [-0.39, 0.29) is 0 Å². The average molecular weight is 198 g/mol. The second-order valence-electron chi connectivity index (χ2n) is 3.07. The number of methoxy groups -OCH3 is 1. The predicted molar refractivity (Wildman–Crippen MR) is 53.9 cm³/mol. The number of nitrogens with one attached hydrogen (secondary N) is 1. The zero-order chi connectivity index (χ0) is 10.2. The molecule has 0 saturated heterocycles. The lowest BCUT2D eigenvalue weighted by atomic mass is 10.4. The van der Waals surface area contributed by atoms with Crippen molar-refractivity contribution in [2.45, 2.75) is 26.4 Å². The summed E-state index contributed by atoms with van der Waals surface area (Å²) in [4.78, 5) is 4.17.